The minimum absolute atomic E-state index is 0.0957. The lowest BCUT2D eigenvalue weighted by molar-refractivity contribution is 0.171. The zero-order valence-corrected chi connectivity index (χ0v) is 14.6. The molecule has 0 saturated heterocycles. The minimum atomic E-state index is -3.76. The lowest BCUT2D eigenvalue weighted by Crippen LogP contribution is -2.17. The average Bonchev–Trinajstić information content (AvgIpc) is 3.08. The van der Waals surface area contributed by atoms with E-state index < -0.39 is 10.0 Å². The largest absolute Gasteiger partial charge is 0.486 e. The highest BCUT2D eigenvalue weighted by Gasteiger charge is 2.19. The number of hydrogen-bond acceptors (Lipinski definition) is 7. The molecule has 0 saturated carbocycles. The summed E-state index contributed by atoms with van der Waals surface area (Å²) >= 11 is 0. The molecular weight excluding hydrogens is 358 g/mol. The van der Waals surface area contributed by atoms with Gasteiger partial charge in [-0.2, -0.15) is 4.98 Å². The number of sulfonamides is 1. The van der Waals surface area contributed by atoms with Crippen molar-refractivity contribution in [1.29, 1.82) is 0 Å². The summed E-state index contributed by atoms with van der Waals surface area (Å²) in [4.78, 5) is 4.23. The molecule has 4 rings (SSSR count). The molecule has 0 aliphatic carbocycles. The number of rotatable bonds is 4. The molecule has 1 N–H and O–H groups in total. The van der Waals surface area contributed by atoms with E-state index in [0.717, 1.165) is 0 Å². The van der Waals surface area contributed by atoms with Gasteiger partial charge in [-0.25, -0.2) is 8.42 Å². The molecule has 0 amide bonds. The first-order valence-electron chi connectivity index (χ1n) is 7.84. The smallest absolute Gasteiger partial charge is 0.262 e. The van der Waals surface area contributed by atoms with Crippen LogP contribution in [0.1, 0.15) is 5.82 Å². The van der Waals surface area contributed by atoms with Crippen molar-refractivity contribution in [2.24, 2.45) is 0 Å². The summed E-state index contributed by atoms with van der Waals surface area (Å²) in [6.07, 6.45) is 0. The first-order valence-corrected chi connectivity index (χ1v) is 9.33. The molecule has 9 heteroatoms. The number of nitrogens with one attached hydrogen (secondary N) is 1. The van der Waals surface area contributed by atoms with Gasteiger partial charge in [0.2, 0.25) is 0 Å². The quantitative estimate of drug-likeness (QED) is 0.750. The Labute approximate surface area is 149 Å². The zero-order valence-electron chi connectivity index (χ0n) is 13.8. The van der Waals surface area contributed by atoms with Gasteiger partial charge in [0.1, 0.15) is 13.2 Å². The molecule has 1 aromatic heterocycles. The Morgan fingerprint density at radius 2 is 1.73 bits per heavy atom. The van der Waals surface area contributed by atoms with E-state index in [0.29, 0.717) is 47.7 Å². The van der Waals surface area contributed by atoms with E-state index in [4.69, 9.17) is 14.0 Å². The Balaban J connectivity index is 1.56. The fraction of sp³-hybridized carbons (Fsp3) is 0.176. The van der Waals surface area contributed by atoms with E-state index in [2.05, 4.69) is 14.9 Å². The van der Waals surface area contributed by atoms with Gasteiger partial charge in [0.25, 0.3) is 15.9 Å². The molecule has 0 radical (unpaired) electrons. The van der Waals surface area contributed by atoms with Crippen LogP contribution in [-0.2, 0) is 10.0 Å². The van der Waals surface area contributed by atoms with Crippen molar-refractivity contribution in [2.45, 2.75) is 11.8 Å². The molecule has 2 heterocycles. The molecule has 0 bridgehead atoms. The molecule has 134 valence electrons. The molecule has 0 spiro atoms. The van der Waals surface area contributed by atoms with E-state index in [1.165, 1.54) is 12.1 Å². The van der Waals surface area contributed by atoms with Crippen molar-refractivity contribution < 1.29 is 22.4 Å². The Hall–Kier alpha value is -3.07. The highest BCUT2D eigenvalue weighted by molar-refractivity contribution is 7.92. The number of anilines is 1. The predicted octanol–water partition coefficient (Wildman–Crippen LogP) is 2.62. The normalized spacial score (nSPS) is 13.4. The number of nitrogens with zero attached hydrogens (tertiary/aromatic N) is 2. The lowest BCUT2D eigenvalue weighted by atomic mass is 10.2. The second kappa shape index (κ2) is 6.34. The SMILES string of the molecule is Cc1noc(-c2ccc(NS(=O)(=O)c3ccc4c(c3)OCCO4)cc2)n1. The van der Waals surface area contributed by atoms with Crippen molar-refractivity contribution in [3.63, 3.8) is 0 Å². The van der Waals surface area contributed by atoms with Crippen molar-refractivity contribution in [3.8, 4) is 23.0 Å². The maximum atomic E-state index is 12.6. The third kappa shape index (κ3) is 3.21. The Bertz CT molecular complexity index is 1040. The van der Waals surface area contributed by atoms with E-state index in [9.17, 15) is 8.42 Å². The number of benzene rings is 2. The number of aryl methyl sites for hydroxylation is 1. The summed E-state index contributed by atoms with van der Waals surface area (Å²) in [6.45, 7) is 2.56. The highest BCUT2D eigenvalue weighted by Crippen LogP contribution is 2.32. The molecular formula is C17H15N3O5S. The van der Waals surface area contributed by atoms with Gasteiger partial charge in [0.15, 0.2) is 17.3 Å². The molecule has 0 unspecified atom stereocenters. The monoisotopic (exact) mass is 373 g/mol. The van der Waals surface area contributed by atoms with E-state index in [-0.39, 0.29) is 4.90 Å². The standard InChI is InChI=1S/C17H15N3O5S/c1-11-18-17(25-19-11)12-2-4-13(5-3-12)20-26(21,22)14-6-7-15-16(10-14)24-9-8-23-15/h2-7,10,20H,8-9H2,1H3. The van der Waals surface area contributed by atoms with Gasteiger partial charge >= 0.3 is 0 Å². The molecule has 1 aliphatic rings. The van der Waals surface area contributed by atoms with Gasteiger partial charge < -0.3 is 14.0 Å². The van der Waals surface area contributed by atoms with E-state index in [1.54, 1.807) is 37.3 Å². The summed E-state index contributed by atoms with van der Waals surface area (Å²) < 4.78 is 43.7. The molecule has 0 fully saturated rings. The number of fused-ring (bicyclic) bond motifs is 1. The number of ether oxygens (including phenoxy) is 2. The van der Waals surface area contributed by atoms with Gasteiger partial charge in [-0.1, -0.05) is 5.16 Å². The van der Waals surface area contributed by atoms with Crippen LogP contribution in [0.15, 0.2) is 51.9 Å². The van der Waals surface area contributed by atoms with Crippen molar-refractivity contribution in [3.05, 3.63) is 48.3 Å². The van der Waals surface area contributed by atoms with Gasteiger partial charge in [0, 0.05) is 17.3 Å². The third-order valence-corrected chi connectivity index (χ3v) is 5.11. The first-order chi connectivity index (χ1) is 12.5. The van der Waals surface area contributed by atoms with Crippen LogP contribution in [0.25, 0.3) is 11.5 Å². The van der Waals surface area contributed by atoms with Crippen LogP contribution in [-0.4, -0.2) is 31.8 Å². The van der Waals surface area contributed by atoms with Crippen molar-refractivity contribution >= 4 is 15.7 Å². The number of aromatic nitrogens is 2. The third-order valence-electron chi connectivity index (χ3n) is 3.74. The van der Waals surface area contributed by atoms with Crippen LogP contribution in [0.2, 0.25) is 0 Å². The first kappa shape index (κ1) is 16.4. The fourth-order valence-corrected chi connectivity index (χ4v) is 3.57. The Morgan fingerprint density at radius 1 is 1.00 bits per heavy atom. The van der Waals surface area contributed by atoms with Crippen molar-refractivity contribution in [1.82, 2.24) is 10.1 Å². The highest BCUT2D eigenvalue weighted by atomic mass is 32.2. The van der Waals surface area contributed by atoms with Crippen LogP contribution in [0.3, 0.4) is 0 Å². The fourth-order valence-electron chi connectivity index (χ4n) is 2.50. The van der Waals surface area contributed by atoms with Crippen LogP contribution < -0.4 is 14.2 Å². The summed E-state index contributed by atoms with van der Waals surface area (Å²) in [5.41, 5.74) is 1.12. The van der Waals surface area contributed by atoms with E-state index >= 15 is 0 Å². The Morgan fingerprint density at radius 3 is 2.42 bits per heavy atom. The van der Waals surface area contributed by atoms with Crippen LogP contribution in [0.4, 0.5) is 5.69 Å². The maximum Gasteiger partial charge on any atom is 0.262 e. The van der Waals surface area contributed by atoms with E-state index in [1.807, 2.05) is 0 Å². The second-order valence-electron chi connectivity index (χ2n) is 5.64. The van der Waals surface area contributed by atoms with Crippen LogP contribution >= 0.6 is 0 Å². The van der Waals surface area contributed by atoms with Gasteiger partial charge in [-0.3, -0.25) is 4.72 Å². The second-order valence-corrected chi connectivity index (χ2v) is 7.32. The zero-order chi connectivity index (χ0) is 18.1. The van der Waals surface area contributed by atoms with Crippen LogP contribution in [0, 0.1) is 6.92 Å². The average molecular weight is 373 g/mol. The van der Waals surface area contributed by atoms with Gasteiger partial charge in [-0.15, -0.1) is 0 Å². The lowest BCUT2D eigenvalue weighted by Gasteiger charge is -2.19. The minimum Gasteiger partial charge on any atom is -0.486 e. The molecule has 2 aromatic carbocycles. The summed E-state index contributed by atoms with van der Waals surface area (Å²) in [6, 6.07) is 11.2. The maximum absolute atomic E-state index is 12.6. The van der Waals surface area contributed by atoms with Crippen molar-refractivity contribution in [2.75, 3.05) is 17.9 Å². The van der Waals surface area contributed by atoms with Gasteiger partial charge in [0.05, 0.1) is 4.90 Å². The van der Waals surface area contributed by atoms with Crippen LogP contribution in [0.5, 0.6) is 11.5 Å². The molecule has 1 aliphatic heterocycles. The molecule has 8 nitrogen and oxygen atoms in total. The summed E-state index contributed by atoms with van der Waals surface area (Å²) in [5, 5.41) is 3.73. The predicted molar refractivity (Wildman–Crippen MR) is 92.7 cm³/mol. The molecule has 0 atom stereocenters. The Kier molecular flexibility index (Phi) is 4.00. The number of hydrogen-bond donors (Lipinski definition) is 1. The molecule has 3 aromatic rings. The van der Waals surface area contributed by atoms with Gasteiger partial charge in [-0.05, 0) is 43.3 Å². The molecule has 26 heavy (non-hydrogen) atoms. The summed E-state index contributed by atoms with van der Waals surface area (Å²) in [7, 11) is -3.76. The summed E-state index contributed by atoms with van der Waals surface area (Å²) in [5.74, 6) is 1.86. The topological polar surface area (TPSA) is 104 Å².